The first-order valence-corrected chi connectivity index (χ1v) is 10.8. The van der Waals surface area contributed by atoms with Crippen LogP contribution in [0.5, 0.6) is 0 Å². The van der Waals surface area contributed by atoms with Gasteiger partial charge in [-0.15, -0.1) is 0 Å². The molecule has 2 amide bonds. The van der Waals surface area contributed by atoms with Crippen LogP contribution in [0, 0.1) is 5.92 Å². The minimum absolute atomic E-state index is 0.215. The molecule has 12 nitrogen and oxygen atoms in total. The van der Waals surface area contributed by atoms with Gasteiger partial charge in [0.25, 0.3) is 0 Å². The highest BCUT2D eigenvalue weighted by molar-refractivity contribution is 7.85. The molecule has 0 aromatic carbocycles. The van der Waals surface area contributed by atoms with Gasteiger partial charge in [0, 0.05) is 12.2 Å². The number of carboxylic acids is 2. The van der Waals surface area contributed by atoms with E-state index in [4.69, 9.17) is 10.2 Å². The van der Waals surface area contributed by atoms with Crippen molar-refractivity contribution in [2.24, 2.45) is 5.92 Å². The predicted molar refractivity (Wildman–Crippen MR) is 102 cm³/mol. The van der Waals surface area contributed by atoms with Crippen LogP contribution in [0.25, 0.3) is 0 Å². The maximum absolute atomic E-state index is 12.5. The summed E-state index contributed by atoms with van der Waals surface area (Å²) in [5.74, 6) is -5.78. The van der Waals surface area contributed by atoms with Crippen molar-refractivity contribution in [1.82, 2.24) is 10.6 Å². The SMILES string of the molecule is CC[C@@H](C)[C@H](NC(=O)[C@@H](S)[C@H]([NH3+])CCS(=O)(=O)[O-])C(=O)N[C@H](CC(=O)O)C(=O)O. The number of thiol groups is 1. The summed E-state index contributed by atoms with van der Waals surface area (Å²) in [6, 6.07) is -3.71. The van der Waals surface area contributed by atoms with E-state index >= 15 is 0 Å². The molecule has 0 fully saturated rings. The van der Waals surface area contributed by atoms with Gasteiger partial charge in [-0.05, 0) is 5.92 Å². The fourth-order valence-corrected chi connectivity index (χ4v) is 3.06. The molecular weight excluding hydrogens is 430 g/mol. The molecule has 0 aromatic rings. The molecule has 0 aliphatic rings. The van der Waals surface area contributed by atoms with E-state index in [1.165, 1.54) is 0 Å². The van der Waals surface area contributed by atoms with E-state index in [9.17, 15) is 32.1 Å². The highest BCUT2D eigenvalue weighted by Gasteiger charge is 2.33. The van der Waals surface area contributed by atoms with Crippen molar-refractivity contribution >= 4 is 46.5 Å². The van der Waals surface area contributed by atoms with Crippen LogP contribution in [-0.4, -0.2) is 76.1 Å². The molecular formula is C15H27N3O9S2. The summed E-state index contributed by atoms with van der Waals surface area (Å²) < 4.78 is 32.1. The van der Waals surface area contributed by atoms with Crippen LogP contribution >= 0.6 is 12.6 Å². The highest BCUT2D eigenvalue weighted by atomic mass is 32.2. The fraction of sp³-hybridized carbons (Fsp3) is 0.733. The van der Waals surface area contributed by atoms with Crippen LogP contribution in [0.1, 0.15) is 33.1 Å². The summed E-state index contributed by atoms with van der Waals surface area (Å²) in [4.78, 5) is 46.8. The third-order valence-electron chi connectivity index (χ3n) is 4.24. The Hall–Kier alpha value is -1.90. The van der Waals surface area contributed by atoms with Gasteiger partial charge in [0.1, 0.15) is 23.4 Å². The third-order valence-corrected chi connectivity index (χ3v) is 5.63. The van der Waals surface area contributed by atoms with Crippen LogP contribution < -0.4 is 16.4 Å². The standard InChI is InChI=1S/C15H27N3O9S2/c1-3-7(2)11(13(21)17-9(15(23)24)6-10(19)20)18-14(22)12(28)8(16)4-5-29(25,26)27/h7-9,11-12,28H,3-6,16H2,1-2H3,(H,17,21)(H,18,22)(H,19,20)(H,23,24)(H,25,26,27)/t7-,8-,9-,11+,12+/m1/s1. The zero-order chi connectivity index (χ0) is 22.9. The average Bonchev–Trinajstić information content (AvgIpc) is 2.60. The molecule has 0 spiro atoms. The Morgan fingerprint density at radius 1 is 1.14 bits per heavy atom. The highest BCUT2D eigenvalue weighted by Crippen LogP contribution is 2.11. The second-order valence-corrected chi connectivity index (χ2v) is 8.70. The number of hydrogen-bond donors (Lipinski definition) is 6. The Morgan fingerprint density at radius 2 is 1.69 bits per heavy atom. The summed E-state index contributed by atoms with van der Waals surface area (Å²) in [6.45, 7) is 3.35. The average molecular weight is 458 g/mol. The molecule has 0 aliphatic heterocycles. The number of nitrogens with one attached hydrogen (secondary N) is 2. The number of carbonyl (C=O) groups excluding carboxylic acids is 2. The normalized spacial score (nSPS) is 16.7. The van der Waals surface area contributed by atoms with Gasteiger partial charge in [-0.1, -0.05) is 20.3 Å². The number of amides is 2. The Kier molecular flexibility index (Phi) is 11.2. The van der Waals surface area contributed by atoms with Crippen LogP contribution in [0.15, 0.2) is 0 Å². The van der Waals surface area contributed by atoms with E-state index in [2.05, 4.69) is 29.0 Å². The quantitative estimate of drug-likeness (QED) is 0.126. The van der Waals surface area contributed by atoms with Crippen molar-refractivity contribution in [1.29, 1.82) is 0 Å². The van der Waals surface area contributed by atoms with E-state index in [1.807, 2.05) is 0 Å². The molecule has 5 atom stereocenters. The summed E-state index contributed by atoms with van der Waals surface area (Å²) in [7, 11) is -4.49. The lowest BCUT2D eigenvalue weighted by molar-refractivity contribution is -0.416. The van der Waals surface area contributed by atoms with Gasteiger partial charge in [0.2, 0.25) is 11.8 Å². The molecule has 0 heterocycles. The van der Waals surface area contributed by atoms with Crippen LogP contribution in [-0.2, 0) is 29.3 Å². The van der Waals surface area contributed by atoms with Gasteiger partial charge >= 0.3 is 11.9 Å². The van der Waals surface area contributed by atoms with Crippen molar-refractivity contribution in [2.45, 2.75) is 56.5 Å². The largest absolute Gasteiger partial charge is 0.748 e. The van der Waals surface area contributed by atoms with E-state index in [-0.39, 0.29) is 6.42 Å². The van der Waals surface area contributed by atoms with E-state index in [0.717, 1.165) is 0 Å². The minimum atomic E-state index is -4.49. The Labute approximate surface area is 173 Å². The lowest BCUT2D eigenvalue weighted by atomic mass is 9.97. The molecule has 168 valence electrons. The zero-order valence-electron chi connectivity index (χ0n) is 16.0. The van der Waals surface area contributed by atoms with Gasteiger partial charge in [-0.2, -0.15) is 12.6 Å². The summed E-state index contributed by atoms with van der Waals surface area (Å²) in [6.07, 6.45) is -0.635. The van der Waals surface area contributed by atoms with Gasteiger partial charge < -0.3 is 31.1 Å². The lowest BCUT2D eigenvalue weighted by Crippen LogP contribution is -2.68. The second kappa shape index (κ2) is 11.9. The fourth-order valence-electron chi connectivity index (χ4n) is 2.24. The molecule has 0 saturated carbocycles. The van der Waals surface area contributed by atoms with Crippen molar-refractivity contribution in [3.8, 4) is 0 Å². The van der Waals surface area contributed by atoms with Crippen molar-refractivity contribution in [2.75, 3.05) is 5.75 Å². The molecule has 29 heavy (non-hydrogen) atoms. The maximum Gasteiger partial charge on any atom is 0.326 e. The predicted octanol–water partition coefficient (Wildman–Crippen LogP) is -2.59. The summed E-state index contributed by atoms with van der Waals surface area (Å²) >= 11 is 4.06. The first kappa shape index (κ1) is 27.1. The van der Waals surface area contributed by atoms with E-state index < -0.39 is 75.3 Å². The number of carbonyl (C=O) groups is 4. The van der Waals surface area contributed by atoms with Crippen LogP contribution in [0.2, 0.25) is 0 Å². The van der Waals surface area contributed by atoms with Crippen molar-refractivity contribution < 1.29 is 48.1 Å². The monoisotopic (exact) mass is 457 g/mol. The molecule has 0 aromatic heterocycles. The van der Waals surface area contributed by atoms with E-state index in [0.29, 0.717) is 6.42 Å². The maximum atomic E-state index is 12.5. The Balaban J connectivity index is 5.22. The first-order valence-electron chi connectivity index (χ1n) is 8.69. The number of hydrogen-bond acceptors (Lipinski definition) is 8. The first-order chi connectivity index (χ1) is 13.2. The van der Waals surface area contributed by atoms with Gasteiger partial charge in [-0.3, -0.25) is 14.4 Å². The lowest BCUT2D eigenvalue weighted by Gasteiger charge is -2.27. The number of rotatable bonds is 13. The summed E-state index contributed by atoms with van der Waals surface area (Å²) in [5, 5.41) is 21.2. The van der Waals surface area contributed by atoms with Gasteiger partial charge in [0.05, 0.1) is 16.5 Å². The zero-order valence-corrected chi connectivity index (χ0v) is 17.7. The molecule has 0 radical (unpaired) electrons. The van der Waals surface area contributed by atoms with Gasteiger partial charge in [0.15, 0.2) is 0 Å². The molecule has 0 bridgehead atoms. The molecule has 7 N–H and O–H groups in total. The number of carboxylic acid groups (broad SMARTS) is 2. The molecule has 0 aliphatic carbocycles. The minimum Gasteiger partial charge on any atom is -0.748 e. The Bertz CT molecular complexity index is 714. The smallest absolute Gasteiger partial charge is 0.326 e. The molecule has 0 rings (SSSR count). The molecule has 0 unspecified atom stereocenters. The number of aliphatic carboxylic acids is 2. The van der Waals surface area contributed by atoms with E-state index in [1.54, 1.807) is 13.8 Å². The second-order valence-electron chi connectivity index (χ2n) is 6.62. The molecule has 0 saturated heterocycles. The van der Waals surface area contributed by atoms with Crippen molar-refractivity contribution in [3.05, 3.63) is 0 Å². The van der Waals surface area contributed by atoms with Crippen molar-refractivity contribution in [3.63, 3.8) is 0 Å². The topological polar surface area (TPSA) is 218 Å². The third kappa shape index (κ3) is 10.4. The van der Waals surface area contributed by atoms with Gasteiger partial charge in [-0.25, -0.2) is 13.2 Å². The number of quaternary nitrogens is 1. The Morgan fingerprint density at radius 3 is 2.10 bits per heavy atom. The van der Waals surface area contributed by atoms with Crippen LogP contribution in [0.3, 0.4) is 0 Å². The van der Waals surface area contributed by atoms with Crippen LogP contribution in [0.4, 0.5) is 0 Å². The molecule has 14 heteroatoms. The summed E-state index contributed by atoms with van der Waals surface area (Å²) in [5.41, 5.74) is 3.60.